The van der Waals surface area contributed by atoms with Crippen LogP contribution in [0.3, 0.4) is 0 Å². The summed E-state index contributed by atoms with van der Waals surface area (Å²) in [6.07, 6.45) is 6.46. The Hall–Kier alpha value is -1.53. The fraction of sp³-hybridized carbons (Fsp3) is 0.462. The van der Waals surface area contributed by atoms with E-state index in [1.165, 1.54) is 0 Å². The fourth-order valence-electron chi connectivity index (χ4n) is 1.61. The molecule has 0 bridgehead atoms. The molecule has 5 nitrogen and oxygen atoms in total. The number of aromatic nitrogens is 2. The summed E-state index contributed by atoms with van der Waals surface area (Å²) in [5.41, 5.74) is 7.95. The van der Waals surface area contributed by atoms with E-state index in [-0.39, 0.29) is 0 Å². The molecular weight excluding hydrogens is 260 g/mol. The van der Waals surface area contributed by atoms with Crippen LogP contribution in [0.15, 0.2) is 29.0 Å². The Labute approximate surface area is 119 Å². The Morgan fingerprint density at radius 1 is 1.63 bits per heavy atom. The topological polar surface area (TPSA) is 65.4 Å². The van der Waals surface area contributed by atoms with Crippen LogP contribution in [-0.2, 0) is 17.7 Å². The van der Waals surface area contributed by atoms with E-state index in [2.05, 4.69) is 10.1 Å². The van der Waals surface area contributed by atoms with Gasteiger partial charge in [-0.1, -0.05) is 18.3 Å². The molecule has 0 spiro atoms. The smallest absolute Gasteiger partial charge is 0.127 e. The van der Waals surface area contributed by atoms with Gasteiger partial charge >= 0.3 is 0 Å². The lowest BCUT2D eigenvalue weighted by Crippen LogP contribution is -2.17. The maximum atomic E-state index is 5.91. The van der Waals surface area contributed by atoms with E-state index in [0.29, 0.717) is 23.9 Å². The first kappa shape index (κ1) is 15.5. The first-order valence-electron chi connectivity index (χ1n) is 6.07. The van der Waals surface area contributed by atoms with E-state index in [0.717, 1.165) is 17.7 Å². The highest BCUT2D eigenvalue weighted by atomic mass is 32.1. The molecular formula is C13H20N4OS. The SMILES string of the molecule is C/C=C(/Cc1cnn(CCOC)c1)C(N)=NC(C)=S. The molecule has 0 atom stereocenters. The largest absolute Gasteiger partial charge is 0.383 e. The van der Waals surface area contributed by atoms with Gasteiger partial charge in [0.05, 0.1) is 19.3 Å². The Balaban J connectivity index is 2.71. The zero-order chi connectivity index (χ0) is 14.3. The summed E-state index contributed by atoms with van der Waals surface area (Å²) >= 11 is 4.93. The number of methoxy groups -OCH3 is 1. The third-order valence-electron chi connectivity index (χ3n) is 2.56. The summed E-state index contributed by atoms with van der Waals surface area (Å²) in [6.45, 7) is 5.07. The number of aliphatic imine (C=N–C) groups is 1. The number of thiocarbonyl (C=S) groups is 1. The van der Waals surface area contributed by atoms with Gasteiger partial charge < -0.3 is 10.5 Å². The standard InChI is InChI=1S/C13H20N4OS/c1-4-12(13(14)16-10(2)19)7-11-8-15-17(9-11)5-6-18-3/h4,8-9H,5-7H2,1-3H3,(H2,14,16,19)/b12-4-. The van der Waals surface area contributed by atoms with Crippen molar-refractivity contribution in [3.63, 3.8) is 0 Å². The van der Waals surface area contributed by atoms with Gasteiger partial charge in [0, 0.05) is 19.7 Å². The first-order chi connectivity index (χ1) is 9.06. The summed E-state index contributed by atoms with van der Waals surface area (Å²) in [5.74, 6) is 0.472. The highest BCUT2D eigenvalue weighted by Gasteiger charge is 2.06. The van der Waals surface area contributed by atoms with Gasteiger partial charge in [0.25, 0.3) is 0 Å². The van der Waals surface area contributed by atoms with Crippen molar-refractivity contribution in [1.82, 2.24) is 9.78 Å². The van der Waals surface area contributed by atoms with Crippen LogP contribution in [0.5, 0.6) is 0 Å². The molecule has 0 unspecified atom stereocenters. The van der Waals surface area contributed by atoms with Crippen molar-refractivity contribution in [2.24, 2.45) is 10.7 Å². The van der Waals surface area contributed by atoms with E-state index < -0.39 is 0 Å². The second-order valence-electron chi connectivity index (χ2n) is 4.11. The number of ether oxygens (including phenoxy) is 1. The van der Waals surface area contributed by atoms with Crippen molar-refractivity contribution in [3.05, 3.63) is 29.6 Å². The van der Waals surface area contributed by atoms with Crippen LogP contribution in [0.2, 0.25) is 0 Å². The van der Waals surface area contributed by atoms with Crippen molar-refractivity contribution in [2.75, 3.05) is 13.7 Å². The summed E-state index contributed by atoms with van der Waals surface area (Å²) in [7, 11) is 1.67. The molecule has 2 N–H and O–H groups in total. The van der Waals surface area contributed by atoms with Gasteiger partial charge in [-0.3, -0.25) is 4.68 Å². The average molecular weight is 280 g/mol. The molecule has 0 aliphatic heterocycles. The second kappa shape index (κ2) is 7.81. The minimum atomic E-state index is 0.472. The second-order valence-corrected chi connectivity index (χ2v) is 4.70. The number of allylic oxidation sites excluding steroid dienone is 1. The number of nitrogens with two attached hydrogens (primary N) is 1. The molecule has 0 aliphatic carbocycles. The number of hydrogen-bond acceptors (Lipinski definition) is 3. The summed E-state index contributed by atoms with van der Waals surface area (Å²) in [6, 6.07) is 0. The van der Waals surface area contributed by atoms with Crippen LogP contribution in [0, 0.1) is 0 Å². The first-order valence-corrected chi connectivity index (χ1v) is 6.48. The monoisotopic (exact) mass is 280 g/mol. The van der Waals surface area contributed by atoms with Gasteiger partial charge in [-0.25, -0.2) is 4.99 Å². The molecule has 1 rings (SSSR count). The molecule has 0 radical (unpaired) electrons. The zero-order valence-electron chi connectivity index (χ0n) is 11.6. The number of hydrogen-bond donors (Lipinski definition) is 1. The van der Waals surface area contributed by atoms with Crippen LogP contribution in [0.1, 0.15) is 19.4 Å². The quantitative estimate of drug-likeness (QED) is 0.489. The molecule has 19 heavy (non-hydrogen) atoms. The maximum absolute atomic E-state index is 5.91. The van der Waals surface area contributed by atoms with Crippen molar-refractivity contribution >= 4 is 23.0 Å². The molecule has 0 fully saturated rings. The van der Waals surface area contributed by atoms with Gasteiger partial charge in [0.2, 0.25) is 0 Å². The van der Waals surface area contributed by atoms with Crippen LogP contribution in [0.4, 0.5) is 0 Å². The van der Waals surface area contributed by atoms with Crippen LogP contribution < -0.4 is 5.73 Å². The predicted octanol–water partition coefficient (Wildman–Crippen LogP) is 1.72. The van der Waals surface area contributed by atoms with Crippen LogP contribution >= 0.6 is 12.2 Å². The van der Waals surface area contributed by atoms with Crippen LogP contribution in [-0.4, -0.2) is 34.3 Å². The van der Waals surface area contributed by atoms with Gasteiger partial charge in [0.1, 0.15) is 10.8 Å². The lowest BCUT2D eigenvalue weighted by atomic mass is 10.1. The van der Waals surface area contributed by atoms with Crippen LogP contribution in [0.25, 0.3) is 0 Å². The number of amidine groups is 1. The molecule has 0 saturated heterocycles. The molecule has 0 aromatic carbocycles. The minimum absolute atomic E-state index is 0.472. The molecule has 0 amide bonds. The summed E-state index contributed by atoms with van der Waals surface area (Å²) in [5, 5.41) is 4.26. The Kier molecular flexibility index (Phi) is 6.38. The Morgan fingerprint density at radius 3 is 2.95 bits per heavy atom. The summed E-state index contributed by atoms with van der Waals surface area (Å²) in [4.78, 5) is 4.65. The van der Waals surface area contributed by atoms with Crippen molar-refractivity contribution in [3.8, 4) is 0 Å². The third-order valence-corrected chi connectivity index (χ3v) is 2.65. The van der Waals surface area contributed by atoms with E-state index in [9.17, 15) is 0 Å². The average Bonchev–Trinajstić information content (AvgIpc) is 2.80. The van der Waals surface area contributed by atoms with E-state index in [1.807, 2.05) is 30.1 Å². The van der Waals surface area contributed by atoms with Gasteiger partial charge in [0.15, 0.2) is 0 Å². The highest BCUT2D eigenvalue weighted by Crippen LogP contribution is 2.08. The predicted molar refractivity (Wildman–Crippen MR) is 81.5 cm³/mol. The number of rotatable bonds is 6. The summed E-state index contributed by atoms with van der Waals surface area (Å²) < 4.78 is 6.86. The van der Waals surface area contributed by atoms with Gasteiger partial charge in [-0.05, 0) is 25.0 Å². The molecule has 6 heteroatoms. The van der Waals surface area contributed by atoms with E-state index in [4.69, 9.17) is 22.7 Å². The number of nitrogens with zero attached hydrogens (tertiary/aromatic N) is 3. The van der Waals surface area contributed by atoms with Gasteiger partial charge in [-0.15, -0.1) is 0 Å². The van der Waals surface area contributed by atoms with Gasteiger partial charge in [-0.2, -0.15) is 5.10 Å². The highest BCUT2D eigenvalue weighted by molar-refractivity contribution is 7.80. The van der Waals surface area contributed by atoms with Crippen molar-refractivity contribution in [1.29, 1.82) is 0 Å². The van der Waals surface area contributed by atoms with Crippen molar-refractivity contribution < 1.29 is 4.74 Å². The maximum Gasteiger partial charge on any atom is 0.127 e. The molecule has 0 saturated carbocycles. The molecule has 1 aromatic heterocycles. The Morgan fingerprint density at radius 2 is 2.37 bits per heavy atom. The molecule has 1 aromatic rings. The molecule has 1 heterocycles. The Bertz CT molecular complexity index is 491. The molecule has 104 valence electrons. The lowest BCUT2D eigenvalue weighted by molar-refractivity contribution is 0.183. The minimum Gasteiger partial charge on any atom is -0.383 e. The van der Waals surface area contributed by atoms with E-state index in [1.54, 1.807) is 14.0 Å². The fourth-order valence-corrected chi connectivity index (χ4v) is 1.70. The van der Waals surface area contributed by atoms with Crippen molar-refractivity contribution in [2.45, 2.75) is 26.8 Å². The molecule has 0 aliphatic rings. The van der Waals surface area contributed by atoms with E-state index >= 15 is 0 Å². The zero-order valence-corrected chi connectivity index (χ0v) is 12.4. The normalized spacial score (nSPS) is 12.8. The lowest BCUT2D eigenvalue weighted by Gasteiger charge is -2.04. The third kappa shape index (κ3) is 5.32.